The lowest BCUT2D eigenvalue weighted by Gasteiger charge is -2.43. The number of hydrogen-bond donors (Lipinski definition) is 2. The number of methoxy groups -OCH3 is 1. The highest BCUT2D eigenvalue weighted by Crippen LogP contribution is 2.43. The lowest BCUT2D eigenvalue weighted by Crippen LogP contribution is -2.50. The van der Waals surface area contributed by atoms with Crippen molar-refractivity contribution >= 4 is 5.91 Å². The van der Waals surface area contributed by atoms with Crippen LogP contribution in [-0.4, -0.2) is 32.2 Å². The van der Waals surface area contributed by atoms with E-state index in [1.54, 1.807) is 7.11 Å². The summed E-state index contributed by atoms with van der Waals surface area (Å²) in [5.74, 6) is 1.64. The molecule has 0 radical (unpaired) electrons. The molecular formula is C19H34N2O2. The van der Waals surface area contributed by atoms with Crippen LogP contribution in [0, 0.1) is 23.2 Å². The minimum absolute atomic E-state index is 0.200. The third-order valence-corrected chi connectivity index (χ3v) is 6.92. The van der Waals surface area contributed by atoms with E-state index in [1.807, 2.05) is 0 Å². The lowest BCUT2D eigenvalue weighted by molar-refractivity contribution is -0.128. The molecule has 4 heteroatoms. The van der Waals surface area contributed by atoms with Gasteiger partial charge in [-0.25, -0.2) is 0 Å². The number of nitrogens with two attached hydrogens (primary N) is 1. The minimum Gasteiger partial charge on any atom is -0.385 e. The van der Waals surface area contributed by atoms with Crippen LogP contribution in [0.15, 0.2) is 0 Å². The summed E-state index contributed by atoms with van der Waals surface area (Å²) in [6.45, 7) is 1.64. The van der Waals surface area contributed by atoms with Gasteiger partial charge in [-0.3, -0.25) is 4.79 Å². The van der Waals surface area contributed by atoms with Crippen molar-refractivity contribution in [2.24, 2.45) is 28.9 Å². The molecule has 2 bridgehead atoms. The van der Waals surface area contributed by atoms with Crippen LogP contribution in [0.3, 0.4) is 0 Å². The molecule has 3 saturated carbocycles. The number of ether oxygens (including phenoxy) is 1. The first-order valence-electron chi connectivity index (χ1n) is 9.66. The summed E-state index contributed by atoms with van der Waals surface area (Å²) in [6, 6.07) is 0.343. The van der Waals surface area contributed by atoms with Gasteiger partial charge in [-0.15, -0.1) is 0 Å². The molecular weight excluding hydrogens is 288 g/mol. The van der Waals surface area contributed by atoms with Gasteiger partial charge in [0, 0.05) is 32.2 Å². The van der Waals surface area contributed by atoms with Crippen LogP contribution in [-0.2, 0) is 9.53 Å². The predicted octanol–water partition coefficient (Wildman–Crippen LogP) is 2.85. The smallest absolute Gasteiger partial charge is 0.223 e. The van der Waals surface area contributed by atoms with E-state index in [0.29, 0.717) is 17.9 Å². The monoisotopic (exact) mass is 322 g/mol. The zero-order chi connectivity index (χ0) is 16.3. The van der Waals surface area contributed by atoms with Crippen LogP contribution in [0.1, 0.15) is 64.2 Å². The minimum atomic E-state index is 0.200. The maximum absolute atomic E-state index is 12.7. The van der Waals surface area contributed by atoms with Gasteiger partial charge in [0.05, 0.1) is 0 Å². The quantitative estimate of drug-likeness (QED) is 0.790. The SMILES string of the molecule is COCCC1(CNC(=O)C2CC3CCCC(C2)C3N)CCCC1. The fraction of sp³-hybridized carbons (Fsp3) is 0.947. The first-order valence-corrected chi connectivity index (χ1v) is 9.66. The molecule has 2 unspecified atom stereocenters. The molecule has 0 saturated heterocycles. The van der Waals surface area contributed by atoms with Gasteiger partial charge in [-0.2, -0.15) is 0 Å². The van der Waals surface area contributed by atoms with E-state index >= 15 is 0 Å². The molecule has 0 aromatic rings. The normalized spacial score (nSPS) is 35.9. The Bertz CT molecular complexity index is 392. The molecule has 2 atom stereocenters. The number of amides is 1. The Morgan fingerprint density at radius 1 is 1.17 bits per heavy atom. The first-order chi connectivity index (χ1) is 11.1. The Labute approximate surface area is 140 Å². The van der Waals surface area contributed by atoms with E-state index in [0.717, 1.165) is 32.4 Å². The molecule has 0 spiro atoms. The summed E-state index contributed by atoms with van der Waals surface area (Å²) in [6.07, 6.45) is 11.9. The molecule has 0 aliphatic heterocycles. The maximum atomic E-state index is 12.7. The van der Waals surface area contributed by atoms with Crippen LogP contribution >= 0.6 is 0 Å². The van der Waals surface area contributed by atoms with E-state index < -0.39 is 0 Å². The van der Waals surface area contributed by atoms with E-state index in [1.165, 1.54) is 44.9 Å². The predicted molar refractivity (Wildman–Crippen MR) is 91.9 cm³/mol. The van der Waals surface area contributed by atoms with Crippen LogP contribution < -0.4 is 11.1 Å². The third-order valence-electron chi connectivity index (χ3n) is 6.92. The van der Waals surface area contributed by atoms with Crippen LogP contribution in [0.4, 0.5) is 0 Å². The Kier molecular flexibility index (Phi) is 5.63. The number of carbonyl (C=O) groups is 1. The molecule has 23 heavy (non-hydrogen) atoms. The van der Waals surface area contributed by atoms with Gasteiger partial charge in [0.15, 0.2) is 0 Å². The molecule has 3 fully saturated rings. The summed E-state index contributed by atoms with van der Waals surface area (Å²) in [7, 11) is 1.77. The van der Waals surface area contributed by atoms with Gasteiger partial charge >= 0.3 is 0 Å². The van der Waals surface area contributed by atoms with Crippen LogP contribution in [0.5, 0.6) is 0 Å². The third kappa shape index (κ3) is 3.90. The highest BCUT2D eigenvalue weighted by Gasteiger charge is 2.41. The van der Waals surface area contributed by atoms with E-state index in [2.05, 4.69) is 5.32 Å². The van der Waals surface area contributed by atoms with Crippen LogP contribution in [0.2, 0.25) is 0 Å². The number of fused-ring (bicyclic) bond motifs is 2. The Balaban J connectivity index is 1.52. The van der Waals surface area contributed by atoms with Gasteiger partial charge in [-0.1, -0.05) is 19.3 Å². The summed E-state index contributed by atoms with van der Waals surface area (Å²) >= 11 is 0. The zero-order valence-corrected chi connectivity index (χ0v) is 14.7. The Morgan fingerprint density at radius 3 is 2.43 bits per heavy atom. The molecule has 3 rings (SSSR count). The molecule has 3 aliphatic rings. The van der Waals surface area contributed by atoms with E-state index in [4.69, 9.17) is 10.5 Å². The van der Waals surface area contributed by atoms with Crippen molar-refractivity contribution < 1.29 is 9.53 Å². The summed E-state index contributed by atoms with van der Waals surface area (Å²) in [5, 5.41) is 3.31. The molecule has 0 heterocycles. The fourth-order valence-electron chi connectivity index (χ4n) is 5.38. The average molecular weight is 322 g/mol. The maximum Gasteiger partial charge on any atom is 0.223 e. The summed E-state index contributed by atoms with van der Waals surface area (Å²) in [4.78, 5) is 12.7. The highest BCUT2D eigenvalue weighted by atomic mass is 16.5. The molecule has 0 aromatic carbocycles. The number of nitrogens with one attached hydrogen (secondary N) is 1. The first kappa shape index (κ1) is 17.2. The summed E-state index contributed by atoms with van der Waals surface area (Å²) in [5.41, 5.74) is 6.63. The Morgan fingerprint density at radius 2 is 1.83 bits per heavy atom. The molecule has 3 N–H and O–H groups in total. The fourth-order valence-corrected chi connectivity index (χ4v) is 5.38. The lowest BCUT2D eigenvalue weighted by atomic mass is 9.65. The molecule has 132 valence electrons. The van der Waals surface area contributed by atoms with Gasteiger partial charge < -0.3 is 15.8 Å². The second-order valence-electron chi connectivity index (χ2n) is 8.36. The van der Waals surface area contributed by atoms with Crippen molar-refractivity contribution in [2.75, 3.05) is 20.3 Å². The van der Waals surface area contributed by atoms with Gasteiger partial charge in [0.1, 0.15) is 0 Å². The van der Waals surface area contributed by atoms with Gasteiger partial charge in [0.25, 0.3) is 0 Å². The number of rotatable bonds is 6. The number of hydrogen-bond acceptors (Lipinski definition) is 3. The zero-order valence-electron chi connectivity index (χ0n) is 14.7. The van der Waals surface area contributed by atoms with Crippen molar-refractivity contribution in [1.82, 2.24) is 5.32 Å². The second kappa shape index (κ2) is 7.52. The molecule has 0 aromatic heterocycles. The highest BCUT2D eigenvalue weighted by molar-refractivity contribution is 5.78. The van der Waals surface area contributed by atoms with Gasteiger partial charge in [0.2, 0.25) is 5.91 Å². The van der Waals surface area contributed by atoms with E-state index in [9.17, 15) is 4.79 Å². The van der Waals surface area contributed by atoms with Crippen LogP contribution in [0.25, 0.3) is 0 Å². The molecule has 4 nitrogen and oxygen atoms in total. The van der Waals surface area contributed by atoms with Crippen molar-refractivity contribution in [3.63, 3.8) is 0 Å². The average Bonchev–Trinajstić information content (AvgIpc) is 3.00. The second-order valence-corrected chi connectivity index (χ2v) is 8.36. The standard InChI is InChI=1S/C19H34N2O2/c1-23-10-9-19(7-2-3-8-19)13-21-18(22)16-11-14-5-4-6-15(12-16)17(14)20/h14-17H,2-13,20H2,1H3,(H,21,22). The molecule has 1 amide bonds. The van der Waals surface area contributed by atoms with E-state index in [-0.39, 0.29) is 17.2 Å². The largest absolute Gasteiger partial charge is 0.385 e. The van der Waals surface area contributed by atoms with Crippen molar-refractivity contribution in [3.05, 3.63) is 0 Å². The van der Waals surface area contributed by atoms with Crippen molar-refractivity contribution in [1.29, 1.82) is 0 Å². The topological polar surface area (TPSA) is 64.3 Å². The van der Waals surface area contributed by atoms with Gasteiger partial charge in [-0.05, 0) is 62.2 Å². The number of carbonyl (C=O) groups excluding carboxylic acids is 1. The Hall–Kier alpha value is -0.610. The van der Waals surface area contributed by atoms with Crippen molar-refractivity contribution in [3.8, 4) is 0 Å². The molecule has 3 aliphatic carbocycles. The summed E-state index contributed by atoms with van der Waals surface area (Å²) < 4.78 is 5.29. The van der Waals surface area contributed by atoms with Crippen molar-refractivity contribution in [2.45, 2.75) is 70.3 Å².